The largest absolute Gasteiger partial charge is 0.348 e. The Bertz CT molecular complexity index is 562. The predicted octanol–water partition coefficient (Wildman–Crippen LogP) is 1.68. The Morgan fingerprint density at radius 2 is 2.05 bits per heavy atom. The lowest BCUT2D eigenvalue weighted by Crippen LogP contribution is -2.43. The number of aromatic amines is 1. The first kappa shape index (κ1) is 14.3. The van der Waals surface area contributed by atoms with Crippen molar-refractivity contribution < 1.29 is 4.79 Å². The molecule has 0 unspecified atom stereocenters. The molecule has 1 atom stereocenters. The maximum absolute atomic E-state index is 11.8. The SMILES string of the molecule is CC(C)[C@H](N)C(=O)NCc1ncc(-c2ccccc2)[nH]1. The highest BCUT2D eigenvalue weighted by atomic mass is 16.2. The Labute approximate surface area is 118 Å². The maximum atomic E-state index is 11.8. The fraction of sp³-hybridized carbons (Fsp3) is 0.333. The summed E-state index contributed by atoms with van der Waals surface area (Å²) in [7, 11) is 0. The van der Waals surface area contributed by atoms with Gasteiger partial charge in [-0.1, -0.05) is 44.2 Å². The molecule has 4 N–H and O–H groups in total. The summed E-state index contributed by atoms with van der Waals surface area (Å²) in [5.74, 6) is 0.678. The molecule has 0 fully saturated rings. The molecule has 1 heterocycles. The van der Waals surface area contributed by atoms with Crippen molar-refractivity contribution in [1.82, 2.24) is 15.3 Å². The van der Waals surface area contributed by atoms with Crippen molar-refractivity contribution in [3.8, 4) is 11.3 Å². The van der Waals surface area contributed by atoms with Gasteiger partial charge >= 0.3 is 0 Å². The normalized spacial score (nSPS) is 12.4. The van der Waals surface area contributed by atoms with E-state index in [4.69, 9.17) is 5.73 Å². The predicted molar refractivity (Wildman–Crippen MR) is 78.7 cm³/mol. The third-order valence-electron chi connectivity index (χ3n) is 3.16. The second-order valence-electron chi connectivity index (χ2n) is 5.10. The standard InChI is InChI=1S/C15H20N4O/c1-10(2)14(16)15(20)18-9-13-17-8-12(19-13)11-6-4-3-5-7-11/h3-8,10,14H,9,16H2,1-2H3,(H,17,19)(H,18,20)/t14-/m0/s1. The number of imidazole rings is 1. The van der Waals surface area contributed by atoms with Gasteiger partial charge in [-0.2, -0.15) is 0 Å². The third kappa shape index (κ3) is 3.45. The van der Waals surface area contributed by atoms with Crippen LogP contribution in [0.5, 0.6) is 0 Å². The zero-order valence-corrected chi connectivity index (χ0v) is 11.8. The Morgan fingerprint density at radius 3 is 2.70 bits per heavy atom. The summed E-state index contributed by atoms with van der Waals surface area (Å²) in [6.45, 7) is 4.20. The van der Waals surface area contributed by atoms with Crippen LogP contribution in [0.2, 0.25) is 0 Å². The number of carbonyl (C=O) groups excluding carboxylic acids is 1. The molecule has 0 aliphatic carbocycles. The molecule has 0 aliphatic heterocycles. The van der Waals surface area contributed by atoms with E-state index in [1.54, 1.807) is 6.20 Å². The Hall–Kier alpha value is -2.14. The van der Waals surface area contributed by atoms with Gasteiger partial charge in [0.15, 0.2) is 0 Å². The van der Waals surface area contributed by atoms with Crippen LogP contribution in [0.4, 0.5) is 0 Å². The highest BCUT2D eigenvalue weighted by molar-refractivity contribution is 5.81. The number of benzene rings is 1. The first-order chi connectivity index (χ1) is 9.58. The van der Waals surface area contributed by atoms with Gasteiger partial charge in [-0.05, 0) is 11.5 Å². The first-order valence-electron chi connectivity index (χ1n) is 6.70. The summed E-state index contributed by atoms with van der Waals surface area (Å²) in [6.07, 6.45) is 1.76. The van der Waals surface area contributed by atoms with E-state index in [1.807, 2.05) is 44.2 Å². The van der Waals surface area contributed by atoms with E-state index in [-0.39, 0.29) is 11.8 Å². The monoisotopic (exact) mass is 272 g/mol. The van der Waals surface area contributed by atoms with Gasteiger partial charge in [0.1, 0.15) is 5.82 Å². The molecule has 20 heavy (non-hydrogen) atoms. The van der Waals surface area contributed by atoms with E-state index in [0.29, 0.717) is 12.4 Å². The van der Waals surface area contributed by atoms with Crippen LogP contribution in [0.1, 0.15) is 19.7 Å². The minimum Gasteiger partial charge on any atom is -0.348 e. The van der Waals surface area contributed by atoms with Crippen LogP contribution in [-0.4, -0.2) is 21.9 Å². The fourth-order valence-electron chi connectivity index (χ4n) is 1.81. The molecule has 1 aromatic carbocycles. The molecule has 0 spiro atoms. The number of carbonyl (C=O) groups is 1. The van der Waals surface area contributed by atoms with E-state index in [1.165, 1.54) is 0 Å². The fourth-order valence-corrected chi connectivity index (χ4v) is 1.81. The second kappa shape index (κ2) is 6.34. The Balaban J connectivity index is 1.96. The summed E-state index contributed by atoms with van der Waals surface area (Å²) < 4.78 is 0. The molecule has 2 aromatic rings. The zero-order chi connectivity index (χ0) is 14.5. The molecule has 0 saturated heterocycles. The molecule has 1 amide bonds. The molecule has 0 saturated carbocycles. The van der Waals surface area contributed by atoms with E-state index >= 15 is 0 Å². The van der Waals surface area contributed by atoms with Crippen LogP contribution in [0.3, 0.4) is 0 Å². The number of hydrogen-bond acceptors (Lipinski definition) is 3. The molecular weight excluding hydrogens is 252 g/mol. The molecule has 1 aromatic heterocycles. The van der Waals surface area contributed by atoms with Gasteiger partial charge in [-0.15, -0.1) is 0 Å². The molecule has 5 heteroatoms. The summed E-state index contributed by atoms with van der Waals surface area (Å²) in [6, 6.07) is 9.43. The topological polar surface area (TPSA) is 83.8 Å². The van der Waals surface area contributed by atoms with Crippen molar-refractivity contribution in [1.29, 1.82) is 0 Å². The van der Waals surface area contributed by atoms with Crippen LogP contribution in [0.15, 0.2) is 36.5 Å². The lowest BCUT2D eigenvalue weighted by Gasteiger charge is -2.14. The van der Waals surface area contributed by atoms with Gasteiger partial charge in [0.2, 0.25) is 5.91 Å². The van der Waals surface area contributed by atoms with Gasteiger partial charge in [0.05, 0.1) is 24.5 Å². The lowest BCUT2D eigenvalue weighted by molar-refractivity contribution is -0.123. The zero-order valence-electron chi connectivity index (χ0n) is 11.8. The van der Waals surface area contributed by atoms with Crippen molar-refractivity contribution in [2.45, 2.75) is 26.4 Å². The minimum atomic E-state index is -0.487. The van der Waals surface area contributed by atoms with Crippen LogP contribution < -0.4 is 11.1 Å². The van der Waals surface area contributed by atoms with Crippen molar-refractivity contribution in [3.63, 3.8) is 0 Å². The van der Waals surface area contributed by atoms with Gasteiger partial charge < -0.3 is 16.0 Å². The Kier molecular flexibility index (Phi) is 4.53. The molecule has 106 valence electrons. The maximum Gasteiger partial charge on any atom is 0.237 e. The van der Waals surface area contributed by atoms with Crippen LogP contribution in [0.25, 0.3) is 11.3 Å². The van der Waals surface area contributed by atoms with Crippen molar-refractivity contribution in [2.24, 2.45) is 11.7 Å². The molecular formula is C15H20N4O. The molecule has 5 nitrogen and oxygen atoms in total. The average molecular weight is 272 g/mol. The number of nitrogens with two attached hydrogens (primary N) is 1. The molecule has 0 bridgehead atoms. The summed E-state index contributed by atoms with van der Waals surface area (Å²) >= 11 is 0. The lowest BCUT2D eigenvalue weighted by atomic mass is 10.1. The quantitative estimate of drug-likeness (QED) is 0.774. The number of aromatic nitrogens is 2. The molecule has 2 rings (SSSR count). The van der Waals surface area contributed by atoms with E-state index in [0.717, 1.165) is 11.3 Å². The van der Waals surface area contributed by atoms with Crippen molar-refractivity contribution >= 4 is 5.91 Å². The number of rotatable bonds is 5. The number of amides is 1. The van der Waals surface area contributed by atoms with Crippen molar-refractivity contribution in [2.75, 3.05) is 0 Å². The number of H-pyrrole nitrogens is 1. The van der Waals surface area contributed by atoms with Gasteiger partial charge in [-0.3, -0.25) is 4.79 Å². The van der Waals surface area contributed by atoms with E-state index < -0.39 is 6.04 Å². The third-order valence-corrected chi connectivity index (χ3v) is 3.16. The summed E-state index contributed by atoms with van der Waals surface area (Å²) in [5.41, 5.74) is 7.78. The van der Waals surface area contributed by atoms with E-state index in [9.17, 15) is 4.79 Å². The van der Waals surface area contributed by atoms with Gasteiger partial charge in [-0.25, -0.2) is 4.98 Å². The smallest absolute Gasteiger partial charge is 0.237 e. The van der Waals surface area contributed by atoms with Gasteiger partial charge in [0, 0.05) is 0 Å². The first-order valence-corrected chi connectivity index (χ1v) is 6.70. The van der Waals surface area contributed by atoms with Crippen molar-refractivity contribution in [3.05, 3.63) is 42.4 Å². The Morgan fingerprint density at radius 1 is 1.35 bits per heavy atom. The number of nitrogens with one attached hydrogen (secondary N) is 2. The highest BCUT2D eigenvalue weighted by Crippen LogP contribution is 2.15. The van der Waals surface area contributed by atoms with Crippen LogP contribution in [0, 0.1) is 5.92 Å². The van der Waals surface area contributed by atoms with Gasteiger partial charge in [0.25, 0.3) is 0 Å². The van der Waals surface area contributed by atoms with Crippen LogP contribution >= 0.6 is 0 Å². The summed E-state index contributed by atoms with van der Waals surface area (Å²) in [5, 5.41) is 2.79. The number of hydrogen-bond donors (Lipinski definition) is 3. The summed E-state index contributed by atoms with van der Waals surface area (Å²) in [4.78, 5) is 19.2. The minimum absolute atomic E-state index is 0.117. The molecule has 0 radical (unpaired) electrons. The van der Waals surface area contributed by atoms with E-state index in [2.05, 4.69) is 15.3 Å². The average Bonchev–Trinajstić information content (AvgIpc) is 2.93. The molecule has 0 aliphatic rings. The number of nitrogens with zero attached hydrogens (tertiary/aromatic N) is 1. The van der Waals surface area contributed by atoms with Crippen LogP contribution in [-0.2, 0) is 11.3 Å². The highest BCUT2D eigenvalue weighted by Gasteiger charge is 2.16. The second-order valence-corrected chi connectivity index (χ2v) is 5.10.